The second-order valence-electron chi connectivity index (χ2n) is 6.27. The third-order valence-electron chi connectivity index (χ3n) is 3.79. The van der Waals surface area contributed by atoms with Crippen LogP contribution in [0.3, 0.4) is 0 Å². The van der Waals surface area contributed by atoms with Crippen LogP contribution in [0.1, 0.15) is 65.4 Å². The van der Waals surface area contributed by atoms with Crippen molar-refractivity contribution >= 4 is 5.97 Å². The minimum absolute atomic E-state index is 0.0348. The van der Waals surface area contributed by atoms with Crippen molar-refractivity contribution in [3.05, 3.63) is 17.5 Å². The highest BCUT2D eigenvalue weighted by molar-refractivity contribution is 5.78. The molecule has 0 amide bonds. The third-order valence-corrected chi connectivity index (χ3v) is 3.79. The van der Waals surface area contributed by atoms with Gasteiger partial charge >= 0.3 is 5.97 Å². The first kappa shape index (κ1) is 17.7. The molecule has 1 aromatic rings. The molecule has 0 aliphatic carbocycles. The maximum Gasteiger partial charge on any atom is 0.323 e. The van der Waals surface area contributed by atoms with Gasteiger partial charge in [0.2, 0.25) is 0 Å². The number of aryl methyl sites for hydroxylation is 2. The van der Waals surface area contributed by atoms with E-state index in [2.05, 4.69) is 30.3 Å². The lowest BCUT2D eigenvalue weighted by molar-refractivity contribution is -0.145. The van der Waals surface area contributed by atoms with Crippen molar-refractivity contribution in [2.75, 3.05) is 0 Å². The van der Waals surface area contributed by atoms with Crippen molar-refractivity contribution in [3.63, 3.8) is 0 Å². The zero-order valence-electron chi connectivity index (χ0n) is 14.1. The van der Waals surface area contributed by atoms with Crippen molar-refractivity contribution in [3.8, 4) is 0 Å². The zero-order valence-corrected chi connectivity index (χ0v) is 14.1. The fraction of sp³-hybridized carbons (Fsp3) is 0.750. The van der Waals surface area contributed by atoms with Crippen LogP contribution in [0.15, 0.2) is 6.07 Å². The fourth-order valence-corrected chi connectivity index (χ4v) is 2.83. The SMILES string of the molecule is CCc1cc(CC)n(C(C)CC(C)(NC(C)C)C(=O)O)n1. The van der Waals surface area contributed by atoms with Crippen molar-refractivity contribution < 1.29 is 9.90 Å². The van der Waals surface area contributed by atoms with Gasteiger partial charge in [-0.3, -0.25) is 14.8 Å². The average molecular weight is 295 g/mol. The second-order valence-corrected chi connectivity index (χ2v) is 6.27. The monoisotopic (exact) mass is 295 g/mol. The molecular weight excluding hydrogens is 266 g/mol. The van der Waals surface area contributed by atoms with E-state index in [9.17, 15) is 9.90 Å². The molecule has 0 aliphatic rings. The molecule has 0 fully saturated rings. The summed E-state index contributed by atoms with van der Waals surface area (Å²) in [5.41, 5.74) is 1.28. The summed E-state index contributed by atoms with van der Waals surface area (Å²) in [6.07, 6.45) is 2.30. The van der Waals surface area contributed by atoms with Gasteiger partial charge in [-0.05, 0) is 53.0 Å². The van der Waals surface area contributed by atoms with Crippen LogP contribution >= 0.6 is 0 Å². The summed E-state index contributed by atoms with van der Waals surface area (Å²) in [6.45, 7) is 11.9. The average Bonchev–Trinajstić information content (AvgIpc) is 2.80. The lowest BCUT2D eigenvalue weighted by atomic mass is 9.92. The fourth-order valence-electron chi connectivity index (χ4n) is 2.83. The summed E-state index contributed by atoms with van der Waals surface area (Å²) < 4.78 is 1.99. The lowest BCUT2D eigenvalue weighted by Crippen LogP contribution is -2.53. The first-order valence-corrected chi connectivity index (χ1v) is 7.81. The standard InChI is InChI=1S/C16H29N3O2/c1-7-13-9-14(8-2)19(18-13)12(5)10-16(6,15(20)21)17-11(3)4/h9,11-12,17H,7-8,10H2,1-6H3,(H,20,21). The third kappa shape index (κ3) is 4.30. The second kappa shape index (κ2) is 7.07. The first-order valence-electron chi connectivity index (χ1n) is 7.81. The van der Waals surface area contributed by atoms with E-state index in [-0.39, 0.29) is 12.1 Å². The van der Waals surface area contributed by atoms with Gasteiger partial charge < -0.3 is 5.11 Å². The van der Waals surface area contributed by atoms with E-state index in [0.29, 0.717) is 6.42 Å². The van der Waals surface area contributed by atoms with Crippen LogP contribution in [-0.4, -0.2) is 32.4 Å². The van der Waals surface area contributed by atoms with E-state index in [1.165, 1.54) is 0 Å². The van der Waals surface area contributed by atoms with Crippen molar-refractivity contribution in [1.82, 2.24) is 15.1 Å². The molecule has 0 bridgehead atoms. The van der Waals surface area contributed by atoms with Gasteiger partial charge in [0.15, 0.2) is 0 Å². The predicted octanol–water partition coefficient (Wildman–Crippen LogP) is 2.80. The number of hydrogen-bond donors (Lipinski definition) is 2. The van der Waals surface area contributed by atoms with Gasteiger partial charge in [0, 0.05) is 11.7 Å². The van der Waals surface area contributed by atoms with E-state index in [0.717, 1.165) is 24.2 Å². The lowest BCUT2D eigenvalue weighted by Gasteiger charge is -2.31. The largest absolute Gasteiger partial charge is 0.480 e. The van der Waals surface area contributed by atoms with Gasteiger partial charge in [-0.2, -0.15) is 5.10 Å². The number of nitrogens with one attached hydrogen (secondary N) is 1. The van der Waals surface area contributed by atoms with E-state index in [1.807, 2.05) is 25.5 Å². The summed E-state index contributed by atoms with van der Waals surface area (Å²) in [4.78, 5) is 11.6. The molecule has 1 rings (SSSR count). The molecule has 0 aliphatic heterocycles. The Hall–Kier alpha value is -1.36. The van der Waals surface area contributed by atoms with Crippen LogP contribution in [0.5, 0.6) is 0 Å². The molecule has 0 spiro atoms. The maximum absolute atomic E-state index is 11.6. The van der Waals surface area contributed by atoms with Crippen LogP contribution in [0.4, 0.5) is 0 Å². The van der Waals surface area contributed by atoms with E-state index in [4.69, 9.17) is 0 Å². The Morgan fingerprint density at radius 3 is 2.43 bits per heavy atom. The summed E-state index contributed by atoms with van der Waals surface area (Å²) in [5, 5.41) is 17.4. The highest BCUT2D eigenvalue weighted by atomic mass is 16.4. The van der Waals surface area contributed by atoms with Crippen molar-refractivity contribution in [1.29, 1.82) is 0 Å². The minimum Gasteiger partial charge on any atom is -0.480 e. The number of nitrogens with zero attached hydrogens (tertiary/aromatic N) is 2. The molecule has 21 heavy (non-hydrogen) atoms. The molecule has 1 heterocycles. The van der Waals surface area contributed by atoms with Gasteiger partial charge in [0.05, 0.1) is 11.7 Å². The highest BCUT2D eigenvalue weighted by Gasteiger charge is 2.36. The Morgan fingerprint density at radius 2 is 2.00 bits per heavy atom. The number of carboxylic acid groups (broad SMARTS) is 1. The molecule has 0 radical (unpaired) electrons. The summed E-state index contributed by atoms with van der Waals surface area (Å²) in [6, 6.07) is 2.27. The molecule has 0 saturated heterocycles. The molecule has 120 valence electrons. The Morgan fingerprint density at radius 1 is 1.38 bits per heavy atom. The van der Waals surface area contributed by atoms with E-state index >= 15 is 0 Å². The Labute approximate surface area is 127 Å². The summed E-state index contributed by atoms with van der Waals surface area (Å²) >= 11 is 0. The minimum atomic E-state index is -0.947. The smallest absolute Gasteiger partial charge is 0.323 e. The molecular formula is C16H29N3O2. The Balaban J connectivity index is 2.99. The number of rotatable bonds is 8. The molecule has 2 unspecified atom stereocenters. The maximum atomic E-state index is 11.6. The Kier molecular flexibility index (Phi) is 5.96. The van der Waals surface area contributed by atoms with Gasteiger partial charge in [0.1, 0.15) is 5.54 Å². The topological polar surface area (TPSA) is 67.2 Å². The number of carboxylic acids is 1. The zero-order chi connectivity index (χ0) is 16.2. The van der Waals surface area contributed by atoms with Crippen molar-refractivity contribution in [2.24, 2.45) is 0 Å². The molecule has 2 atom stereocenters. The van der Waals surface area contributed by atoms with Crippen LogP contribution in [-0.2, 0) is 17.6 Å². The molecule has 0 aromatic carbocycles. The van der Waals surface area contributed by atoms with Gasteiger partial charge in [-0.15, -0.1) is 0 Å². The summed E-state index contributed by atoms with van der Waals surface area (Å²) in [5.74, 6) is -0.816. The van der Waals surface area contributed by atoms with E-state index < -0.39 is 11.5 Å². The van der Waals surface area contributed by atoms with Crippen LogP contribution in [0, 0.1) is 0 Å². The molecule has 5 nitrogen and oxygen atoms in total. The Bertz CT molecular complexity index is 482. The summed E-state index contributed by atoms with van der Waals surface area (Å²) in [7, 11) is 0. The number of carbonyl (C=O) groups is 1. The van der Waals surface area contributed by atoms with Crippen molar-refractivity contribution in [2.45, 2.75) is 78.4 Å². The quantitative estimate of drug-likeness (QED) is 0.774. The van der Waals surface area contributed by atoms with Gasteiger partial charge in [-0.25, -0.2) is 0 Å². The molecule has 5 heteroatoms. The first-order chi connectivity index (χ1) is 9.73. The van der Waals surface area contributed by atoms with Crippen LogP contribution in [0.25, 0.3) is 0 Å². The van der Waals surface area contributed by atoms with Crippen LogP contribution < -0.4 is 5.32 Å². The van der Waals surface area contributed by atoms with Gasteiger partial charge in [-0.1, -0.05) is 13.8 Å². The van der Waals surface area contributed by atoms with E-state index in [1.54, 1.807) is 6.92 Å². The number of aromatic nitrogens is 2. The molecule has 1 aromatic heterocycles. The number of hydrogen-bond acceptors (Lipinski definition) is 3. The molecule has 2 N–H and O–H groups in total. The van der Waals surface area contributed by atoms with Crippen LogP contribution in [0.2, 0.25) is 0 Å². The number of aliphatic carboxylic acids is 1. The predicted molar refractivity (Wildman–Crippen MR) is 84.6 cm³/mol. The molecule has 0 saturated carbocycles. The van der Waals surface area contributed by atoms with Gasteiger partial charge in [0.25, 0.3) is 0 Å². The normalized spacial score (nSPS) is 16.0. The highest BCUT2D eigenvalue weighted by Crippen LogP contribution is 2.24.